The van der Waals surface area contributed by atoms with E-state index in [1.807, 2.05) is 66.9 Å². The lowest BCUT2D eigenvalue weighted by Gasteiger charge is -2.17. The molecule has 1 fully saturated rings. The van der Waals surface area contributed by atoms with Crippen LogP contribution in [-0.2, 0) is 16.3 Å². The number of aryl methyl sites for hydroxylation is 1. The zero-order valence-electron chi connectivity index (χ0n) is 18.4. The molecule has 2 aromatic carbocycles. The highest BCUT2D eigenvalue weighted by molar-refractivity contribution is 5.98. The highest BCUT2D eigenvalue weighted by atomic mass is 16.6. The average molecular weight is 434 g/mol. The first kappa shape index (κ1) is 21.7. The Hall–Kier alpha value is -3.52. The Balaban J connectivity index is 1.45. The van der Waals surface area contributed by atoms with E-state index in [-0.39, 0.29) is 18.2 Å². The second kappa shape index (κ2) is 9.74. The number of aromatic hydroxyl groups is 1. The van der Waals surface area contributed by atoms with Crippen LogP contribution in [0.4, 0.5) is 5.69 Å². The summed E-state index contributed by atoms with van der Waals surface area (Å²) in [6, 6.07) is 15.4. The lowest BCUT2D eigenvalue weighted by molar-refractivity contribution is -0.122. The first-order valence-electron chi connectivity index (χ1n) is 10.7. The number of benzene rings is 2. The van der Waals surface area contributed by atoms with E-state index in [4.69, 9.17) is 4.84 Å². The molecule has 1 aromatic heterocycles. The van der Waals surface area contributed by atoms with Gasteiger partial charge in [-0.2, -0.15) is 0 Å². The monoisotopic (exact) mass is 433 g/mol. The fourth-order valence-corrected chi connectivity index (χ4v) is 3.80. The van der Waals surface area contributed by atoms with Crippen LogP contribution < -0.4 is 0 Å². The van der Waals surface area contributed by atoms with Crippen molar-refractivity contribution < 1.29 is 14.7 Å². The SMILES string of the molecule is CC(=NOCC(=O)N=Nc1c(O)n(CN2CCCC2)c2ccccc12)c1ccc(C)cc1. The third-order valence-electron chi connectivity index (χ3n) is 5.58. The minimum absolute atomic E-state index is 0.00352. The summed E-state index contributed by atoms with van der Waals surface area (Å²) in [5, 5.41) is 23.3. The quantitative estimate of drug-likeness (QED) is 0.330. The third-order valence-corrected chi connectivity index (χ3v) is 5.58. The Morgan fingerprint density at radius 1 is 1.09 bits per heavy atom. The predicted octanol–water partition coefficient (Wildman–Crippen LogP) is 4.76. The normalized spacial score (nSPS) is 15.1. The number of para-hydroxylation sites is 1. The van der Waals surface area contributed by atoms with Gasteiger partial charge in [-0.25, -0.2) is 0 Å². The summed E-state index contributed by atoms with van der Waals surface area (Å²) in [5.74, 6) is -0.579. The lowest BCUT2D eigenvalue weighted by Crippen LogP contribution is -2.22. The zero-order valence-corrected chi connectivity index (χ0v) is 18.4. The van der Waals surface area contributed by atoms with Crippen LogP contribution in [0.25, 0.3) is 10.9 Å². The van der Waals surface area contributed by atoms with Gasteiger partial charge in [0, 0.05) is 5.39 Å². The molecule has 1 saturated heterocycles. The molecule has 0 bridgehead atoms. The van der Waals surface area contributed by atoms with Crippen molar-refractivity contribution in [1.82, 2.24) is 9.47 Å². The van der Waals surface area contributed by atoms with Gasteiger partial charge in [0.05, 0.1) is 17.9 Å². The predicted molar refractivity (Wildman–Crippen MR) is 123 cm³/mol. The van der Waals surface area contributed by atoms with Crippen molar-refractivity contribution in [3.05, 3.63) is 59.7 Å². The fourth-order valence-electron chi connectivity index (χ4n) is 3.80. The fraction of sp³-hybridized carbons (Fsp3) is 0.333. The molecule has 0 spiro atoms. The molecular weight excluding hydrogens is 406 g/mol. The van der Waals surface area contributed by atoms with Gasteiger partial charge in [0.1, 0.15) is 0 Å². The molecule has 1 aliphatic heterocycles. The number of aromatic nitrogens is 1. The number of hydrogen-bond acceptors (Lipinski definition) is 6. The molecule has 166 valence electrons. The number of carbonyl (C=O) groups is 1. The second-order valence-corrected chi connectivity index (χ2v) is 7.99. The highest BCUT2D eigenvalue weighted by Gasteiger charge is 2.20. The zero-order chi connectivity index (χ0) is 22.5. The molecule has 3 aromatic rings. The van der Waals surface area contributed by atoms with Crippen molar-refractivity contribution in [2.45, 2.75) is 33.4 Å². The largest absolute Gasteiger partial charge is 0.493 e. The Labute approximate surface area is 186 Å². The minimum atomic E-state index is -0.582. The Morgan fingerprint density at radius 3 is 2.56 bits per heavy atom. The summed E-state index contributed by atoms with van der Waals surface area (Å²) in [5.41, 5.74) is 3.88. The topological polar surface area (TPSA) is 91.8 Å². The molecule has 0 unspecified atom stereocenters. The van der Waals surface area contributed by atoms with E-state index in [0.29, 0.717) is 12.4 Å². The Kier molecular flexibility index (Phi) is 6.61. The van der Waals surface area contributed by atoms with Crippen LogP contribution in [0.15, 0.2) is 63.9 Å². The lowest BCUT2D eigenvalue weighted by atomic mass is 10.1. The summed E-state index contributed by atoms with van der Waals surface area (Å²) in [6.07, 6.45) is 2.32. The number of rotatable bonds is 7. The van der Waals surface area contributed by atoms with E-state index >= 15 is 0 Å². The standard InChI is InChI=1S/C24H27N5O3/c1-17-9-11-19(12-10-17)18(2)27-32-15-22(30)25-26-23-20-7-3-4-8-21(20)29(24(23)31)16-28-13-5-6-14-28/h3-4,7-12,31H,5-6,13-16H2,1-2H3. The maximum absolute atomic E-state index is 12.2. The van der Waals surface area contributed by atoms with E-state index in [1.54, 1.807) is 0 Å². The van der Waals surface area contributed by atoms with E-state index in [1.165, 1.54) is 0 Å². The van der Waals surface area contributed by atoms with Crippen molar-refractivity contribution >= 4 is 28.2 Å². The summed E-state index contributed by atoms with van der Waals surface area (Å²) < 4.78 is 1.81. The second-order valence-electron chi connectivity index (χ2n) is 7.99. The number of hydrogen-bond donors (Lipinski definition) is 1. The number of amides is 1. The van der Waals surface area contributed by atoms with Crippen LogP contribution in [0.2, 0.25) is 0 Å². The van der Waals surface area contributed by atoms with Gasteiger partial charge in [-0.1, -0.05) is 53.2 Å². The van der Waals surface area contributed by atoms with Crippen LogP contribution >= 0.6 is 0 Å². The van der Waals surface area contributed by atoms with E-state index in [9.17, 15) is 9.90 Å². The van der Waals surface area contributed by atoms with Crippen LogP contribution in [-0.4, -0.2) is 45.9 Å². The van der Waals surface area contributed by atoms with Crippen molar-refractivity contribution in [3.8, 4) is 5.88 Å². The summed E-state index contributed by atoms with van der Waals surface area (Å²) in [4.78, 5) is 19.6. The number of azo groups is 1. The molecule has 8 nitrogen and oxygen atoms in total. The number of fused-ring (bicyclic) bond motifs is 1. The van der Waals surface area contributed by atoms with Gasteiger partial charge in [-0.3, -0.25) is 14.3 Å². The number of nitrogens with zero attached hydrogens (tertiary/aromatic N) is 5. The van der Waals surface area contributed by atoms with Gasteiger partial charge in [-0.05, 0) is 51.4 Å². The summed E-state index contributed by atoms with van der Waals surface area (Å²) in [6.45, 7) is 6.07. The molecule has 0 atom stereocenters. The van der Waals surface area contributed by atoms with Crippen molar-refractivity contribution in [2.75, 3.05) is 19.7 Å². The van der Waals surface area contributed by atoms with E-state index in [2.05, 4.69) is 20.3 Å². The first-order valence-corrected chi connectivity index (χ1v) is 10.7. The molecule has 0 aliphatic carbocycles. The molecule has 1 N–H and O–H groups in total. The summed E-state index contributed by atoms with van der Waals surface area (Å²) >= 11 is 0. The van der Waals surface area contributed by atoms with Crippen molar-refractivity contribution in [3.63, 3.8) is 0 Å². The number of likely N-dealkylation sites (tertiary alicyclic amines) is 1. The van der Waals surface area contributed by atoms with Crippen LogP contribution in [0, 0.1) is 6.92 Å². The van der Waals surface area contributed by atoms with Gasteiger partial charge >= 0.3 is 5.91 Å². The van der Waals surface area contributed by atoms with Gasteiger partial charge in [0.2, 0.25) is 5.88 Å². The van der Waals surface area contributed by atoms with Crippen molar-refractivity contribution in [1.29, 1.82) is 0 Å². The van der Waals surface area contributed by atoms with Gasteiger partial charge in [-0.15, -0.1) is 10.2 Å². The van der Waals surface area contributed by atoms with Gasteiger partial charge in [0.25, 0.3) is 0 Å². The number of carbonyl (C=O) groups excluding carboxylic acids is 1. The summed E-state index contributed by atoms with van der Waals surface area (Å²) in [7, 11) is 0. The smallest absolute Gasteiger partial charge is 0.304 e. The molecule has 1 aliphatic rings. The molecule has 0 saturated carbocycles. The maximum Gasteiger partial charge on any atom is 0.304 e. The molecule has 0 radical (unpaired) electrons. The average Bonchev–Trinajstić information content (AvgIpc) is 3.40. The van der Waals surface area contributed by atoms with Gasteiger partial charge in [0.15, 0.2) is 12.3 Å². The molecule has 4 rings (SSSR count). The minimum Gasteiger partial charge on any atom is -0.493 e. The van der Waals surface area contributed by atoms with E-state index in [0.717, 1.165) is 48.0 Å². The highest BCUT2D eigenvalue weighted by Crippen LogP contribution is 2.39. The third kappa shape index (κ3) is 4.86. The van der Waals surface area contributed by atoms with Gasteiger partial charge < -0.3 is 9.94 Å². The molecule has 32 heavy (non-hydrogen) atoms. The van der Waals surface area contributed by atoms with E-state index < -0.39 is 5.91 Å². The molecule has 1 amide bonds. The maximum atomic E-state index is 12.2. The van der Waals surface area contributed by atoms with Crippen molar-refractivity contribution in [2.24, 2.45) is 15.4 Å². The van der Waals surface area contributed by atoms with Crippen LogP contribution in [0.5, 0.6) is 5.88 Å². The molecular formula is C24H27N5O3. The Morgan fingerprint density at radius 2 is 1.81 bits per heavy atom. The number of oxime groups is 1. The molecule has 8 heteroatoms. The molecule has 2 heterocycles. The first-order chi connectivity index (χ1) is 15.5. The Bertz CT molecular complexity index is 1160. The van der Waals surface area contributed by atoms with Crippen LogP contribution in [0.3, 0.4) is 0 Å². The van der Waals surface area contributed by atoms with Crippen LogP contribution in [0.1, 0.15) is 30.9 Å².